The summed E-state index contributed by atoms with van der Waals surface area (Å²) in [6.07, 6.45) is 2.61. The fourth-order valence-corrected chi connectivity index (χ4v) is 2.57. The highest BCUT2D eigenvalue weighted by Gasteiger charge is 2.18. The number of hydrogen-bond acceptors (Lipinski definition) is 2. The van der Waals surface area contributed by atoms with E-state index >= 15 is 0 Å². The van der Waals surface area contributed by atoms with E-state index in [1.807, 2.05) is 0 Å². The van der Waals surface area contributed by atoms with Crippen molar-refractivity contribution in [3.8, 4) is 0 Å². The predicted octanol–water partition coefficient (Wildman–Crippen LogP) is 2.61. The van der Waals surface area contributed by atoms with Gasteiger partial charge in [-0.2, -0.15) is 0 Å². The third-order valence-electron chi connectivity index (χ3n) is 3.72. The van der Waals surface area contributed by atoms with Gasteiger partial charge in [-0.1, -0.05) is 31.2 Å². The fraction of sp³-hybridized carbons (Fsp3) is 0.600. The molecule has 1 heterocycles. The molecule has 0 aromatic heterocycles. The monoisotopic (exact) mass is 232 g/mol. The van der Waals surface area contributed by atoms with Gasteiger partial charge in [-0.3, -0.25) is 0 Å². The number of piperidine rings is 1. The Labute approximate surface area is 105 Å². The standard InChI is InChI=1S/C15H24N2/c1-3-16-12-13-5-4-6-15(11-13)14-7-9-17(2)10-8-14/h4-6,11,14,16H,3,7-10,12H2,1-2H3. The second kappa shape index (κ2) is 6.18. The number of nitrogens with zero attached hydrogens (tertiary/aromatic N) is 1. The maximum absolute atomic E-state index is 3.39. The van der Waals surface area contributed by atoms with E-state index in [2.05, 4.69) is 48.5 Å². The van der Waals surface area contributed by atoms with Crippen LogP contribution < -0.4 is 5.32 Å². The second-order valence-corrected chi connectivity index (χ2v) is 5.10. The first-order chi connectivity index (χ1) is 8.29. The molecule has 2 nitrogen and oxygen atoms in total. The van der Waals surface area contributed by atoms with Gasteiger partial charge in [-0.25, -0.2) is 0 Å². The molecule has 2 heteroatoms. The van der Waals surface area contributed by atoms with E-state index in [1.165, 1.54) is 37.1 Å². The van der Waals surface area contributed by atoms with Crippen LogP contribution in [0.3, 0.4) is 0 Å². The molecule has 0 unspecified atom stereocenters. The van der Waals surface area contributed by atoms with E-state index in [4.69, 9.17) is 0 Å². The number of rotatable bonds is 4. The van der Waals surface area contributed by atoms with Crippen LogP contribution in [0, 0.1) is 0 Å². The maximum atomic E-state index is 3.39. The zero-order valence-corrected chi connectivity index (χ0v) is 11.1. The second-order valence-electron chi connectivity index (χ2n) is 5.10. The molecule has 17 heavy (non-hydrogen) atoms. The Balaban J connectivity index is 2.00. The third kappa shape index (κ3) is 3.55. The van der Waals surface area contributed by atoms with Crippen LogP contribution in [0.1, 0.15) is 36.8 Å². The first kappa shape index (κ1) is 12.6. The zero-order chi connectivity index (χ0) is 12.1. The Morgan fingerprint density at radius 1 is 1.29 bits per heavy atom. The molecule has 1 N–H and O–H groups in total. The Kier molecular flexibility index (Phi) is 4.57. The molecule has 1 saturated heterocycles. The molecule has 1 aliphatic rings. The molecule has 0 radical (unpaired) electrons. The SMILES string of the molecule is CCNCc1cccc(C2CCN(C)CC2)c1. The summed E-state index contributed by atoms with van der Waals surface area (Å²) in [5.41, 5.74) is 2.96. The average molecular weight is 232 g/mol. The highest BCUT2D eigenvalue weighted by molar-refractivity contribution is 5.26. The third-order valence-corrected chi connectivity index (χ3v) is 3.72. The normalized spacial score (nSPS) is 18.5. The van der Waals surface area contributed by atoms with Gasteiger partial charge in [-0.05, 0) is 56.6 Å². The molecule has 1 aliphatic heterocycles. The molecular formula is C15H24N2. The van der Waals surface area contributed by atoms with Crippen molar-refractivity contribution < 1.29 is 0 Å². The number of likely N-dealkylation sites (tertiary alicyclic amines) is 1. The minimum atomic E-state index is 0.771. The summed E-state index contributed by atoms with van der Waals surface area (Å²) in [4.78, 5) is 2.43. The van der Waals surface area contributed by atoms with Gasteiger partial charge in [0.15, 0.2) is 0 Å². The fourth-order valence-electron chi connectivity index (χ4n) is 2.57. The van der Waals surface area contributed by atoms with Crippen molar-refractivity contribution in [2.45, 2.75) is 32.2 Å². The Morgan fingerprint density at radius 2 is 2.06 bits per heavy atom. The van der Waals surface area contributed by atoms with Gasteiger partial charge in [0, 0.05) is 6.54 Å². The molecule has 0 aliphatic carbocycles. The largest absolute Gasteiger partial charge is 0.313 e. The lowest BCUT2D eigenvalue weighted by atomic mass is 9.89. The van der Waals surface area contributed by atoms with Crippen LogP contribution in [0.25, 0.3) is 0 Å². The van der Waals surface area contributed by atoms with Gasteiger partial charge in [-0.15, -0.1) is 0 Å². The van der Waals surface area contributed by atoms with Crippen LogP contribution in [0.5, 0.6) is 0 Å². The molecular weight excluding hydrogens is 208 g/mol. The van der Waals surface area contributed by atoms with E-state index in [0.717, 1.165) is 19.0 Å². The summed E-state index contributed by atoms with van der Waals surface area (Å²) < 4.78 is 0. The van der Waals surface area contributed by atoms with Crippen LogP contribution >= 0.6 is 0 Å². The molecule has 1 fully saturated rings. The molecule has 0 spiro atoms. The van der Waals surface area contributed by atoms with Gasteiger partial charge in [0.05, 0.1) is 0 Å². The van der Waals surface area contributed by atoms with E-state index in [-0.39, 0.29) is 0 Å². The lowest BCUT2D eigenvalue weighted by molar-refractivity contribution is 0.255. The van der Waals surface area contributed by atoms with E-state index in [9.17, 15) is 0 Å². The molecule has 2 rings (SSSR count). The topological polar surface area (TPSA) is 15.3 Å². The van der Waals surface area contributed by atoms with Crippen LogP contribution in [-0.2, 0) is 6.54 Å². The summed E-state index contributed by atoms with van der Waals surface area (Å²) in [7, 11) is 2.22. The van der Waals surface area contributed by atoms with Gasteiger partial charge in [0.1, 0.15) is 0 Å². The molecule has 0 amide bonds. The quantitative estimate of drug-likeness (QED) is 0.858. The minimum Gasteiger partial charge on any atom is -0.313 e. The van der Waals surface area contributed by atoms with Crippen molar-refractivity contribution in [2.24, 2.45) is 0 Å². The van der Waals surface area contributed by atoms with Crippen molar-refractivity contribution >= 4 is 0 Å². The summed E-state index contributed by atoms with van der Waals surface area (Å²) in [6, 6.07) is 9.12. The summed E-state index contributed by atoms with van der Waals surface area (Å²) >= 11 is 0. The number of nitrogens with one attached hydrogen (secondary N) is 1. The van der Waals surface area contributed by atoms with Crippen LogP contribution in [0.2, 0.25) is 0 Å². The van der Waals surface area contributed by atoms with Crippen molar-refractivity contribution in [3.63, 3.8) is 0 Å². The number of hydrogen-bond donors (Lipinski definition) is 1. The van der Waals surface area contributed by atoms with Crippen molar-refractivity contribution in [2.75, 3.05) is 26.7 Å². The first-order valence-electron chi connectivity index (χ1n) is 6.77. The molecule has 1 aromatic carbocycles. The maximum Gasteiger partial charge on any atom is 0.0205 e. The van der Waals surface area contributed by atoms with E-state index in [0.29, 0.717) is 0 Å². The van der Waals surface area contributed by atoms with Gasteiger partial charge < -0.3 is 10.2 Å². The molecule has 1 aromatic rings. The van der Waals surface area contributed by atoms with Crippen LogP contribution in [0.15, 0.2) is 24.3 Å². The first-order valence-corrected chi connectivity index (χ1v) is 6.77. The Morgan fingerprint density at radius 3 is 2.76 bits per heavy atom. The summed E-state index contributed by atoms with van der Waals surface area (Å²) in [6.45, 7) is 6.67. The van der Waals surface area contributed by atoms with Gasteiger partial charge >= 0.3 is 0 Å². The highest BCUT2D eigenvalue weighted by atomic mass is 15.1. The van der Waals surface area contributed by atoms with Crippen LogP contribution in [0.4, 0.5) is 0 Å². The van der Waals surface area contributed by atoms with E-state index < -0.39 is 0 Å². The molecule has 0 saturated carbocycles. The van der Waals surface area contributed by atoms with Gasteiger partial charge in [0.25, 0.3) is 0 Å². The molecule has 0 bridgehead atoms. The van der Waals surface area contributed by atoms with Gasteiger partial charge in [0.2, 0.25) is 0 Å². The molecule has 94 valence electrons. The smallest absolute Gasteiger partial charge is 0.0205 e. The lowest BCUT2D eigenvalue weighted by Crippen LogP contribution is -2.29. The predicted molar refractivity (Wildman–Crippen MR) is 73.3 cm³/mol. The lowest BCUT2D eigenvalue weighted by Gasteiger charge is -2.29. The zero-order valence-electron chi connectivity index (χ0n) is 11.1. The van der Waals surface area contributed by atoms with E-state index in [1.54, 1.807) is 0 Å². The van der Waals surface area contributed by atoms with Crippen LogP contribution in [-0.4, -0.2) is 31.6 Å². The summed E-state index contributed by atoms with van der Waals surface area (Å²) in [5.74, 6) is 0.771. The Hall–Kier alpha value is -0.860. The highest BCUT2D eigenvalue weighted by Crippen LogP contribution is 2.27. The summed E-state index contributed by atoms with van der Waals surface area (Å²) in [5, 5.41) is 3.39. The average Bonchev–Trinajstić information content (AvgIpc) is 2.37. The van der Waals surface area contributed by atoms with Crippen molar-refractivity contribution in [3.05, 3.63) is 35.4 Å². The Bertz CT molecular complexity index is 341. The van der Waals surface area contributed by atoms with Crippen molar-refractivity contribution in [1.82, 2.24) is 10.2 Å². The van der Waals surface area contributed by atoms with Crippen molar-refractivity contribution in [1.29, 1.82) is 0 Å². The number of benzene rings is 1. The minimum absolute atomic E-state index is 0.771. The molecule has 0 atom stereocenters.